The molecule has 2 heterocycles. The summed E-state index contributed by atoms with van der Waals surface area (Å²) in [7, 11) is 3.40. The zero-order chi connectivity index (χ0) is 11.5. The first kappa shape index (κ1) is 10.8. The average Bonchev–Trinajstić information content (AvgIpc) is 2.89. The summed E-state index contributed by atoms with van der Waals surface area (Å²) >= 11 is 0. The highest BCUT2D eigenvalue weighted by molar-refractivity contribution is 5.47. The third-order valence-electron chi connectivity index (χ3n) is 2.26. The van der Waals surface area contributed by atoms with Gasteiger partial charge in [0.1, 0.15) is 11.8 Å². The molecule has 2 aromatic heterocycles. The van der Waals surface area contributed by atoms with Gasteiger partial charge in [-0.1, -0.05) is 5.16 Å². The molecule has 0 saturated heterocycles. The fraction of sp³-hybridized carbons (Fsp3) is 0.444. The molecular formula is C9H13N5O2. The van der Waals surface area contributed by atoms with Crippen LogP contribution >= 0.6 is 0 Å². The van der Waals surface area contributed by atoms with Crippen LogP contribution in [0.2, 0.25) is 0 Å². The van der Waals surface area contributed by atoms with Gasteiger partial charge in [-0.25, -0.2) is 4.98 Å². The van der Waals surface area contributed by atoms with Crippen molar-refractivity contribution in [3.8, 4) is 11.5 Å². The molecule has 0 aliphatic heterocycles. The van der Waals surface area contributed by atoms with E-state index in [0.717, 1.165) is 5.69 Å². The van der Waals surface area contributed by atoms with Gasteiger partial charge < -0.3 is 19.6 Å². The Labute approximate surface area is 92.2 Å². The molecule has 2 rings (SSSR count). The SMILES string of the molecule is COC(CN)c1nc(-c2cncn2C)no1. The Morgan fingerprint density at radius 2 is 2.44 bits per heavy atom. The molecule has 0 spiro atoms. The fourth-order valence-corrected chi connectivity index (χ4v) is 1.34. The van der Waals surface area contributed by atoms with E-state index in [1.807, 2.05) is 7.05 Å². The molecular weight excluding hydrogens is 210 g/mol. The summed E-state index contributed by atoms with van der Waals surface area (Å²) in [6, 6.07) is 0. The van der Waals surface area contributed by atoms with Crippen LogP contribution < -0.4 is 5.73 Å². The first-order chi connectivity index (χ1) is 7.76. The minimum atomic E-state index is -0.366. The molecule has 0 fully saturated rings. The van der Waals surface area contributed by atoms with Gasteiger partial charge in [-0.05, 0) is 0 Å². The fourth-order valence-electron chi connectivity index (χ4n) is 1.34. The number of hydrogen-bond donors (Lipinski definition) is 1. The Balaban J connectivity index is 2.29. The number of aryl methyl sites for hydroxylation is 1. The molecule has 16 heavy (non-hydrogen) atoms. The summed E-state index contributed by atoms with van der Waals surface area (Å²) in [5, 5.41) is 3.85. The smallest absolute Gasteiger partial charge is 0.257 e. The van der Waals surface area contributed by atoms with Gasteiger partial charge in [0, 0.05) is 20.7 Å². The molecule has 1 atom stereocenters. The molecule has 2 N–H and O–H groups in total. The minimum Gasteiger partial charge on any atom is -0.370 e. The second-order valence-electron chi connectivity index (χ2n) is 3.31. The Kier molecular flexibility index (Phi) is 2.97. The summed E-state index contributed by atoms with van der Waals surface area (Å²) in [5.74, 6) is 0.853. The molecule has 1 unspecified atom stereocenters. The van der Waals surface area contributed by atoms with Crippen LogP contribution in [-0.4, -0.2) is 33.3 Å². The van der Waals surface area contributed by atoms with Crippen LogP contribution in [0, 0.1) is 0 Å². The third-order valence-corrected chi connectivity index (χ3v) is 2.26. The van der Waals surface area contributed by atoms with Crippen molar-refractivity contribution in [1.29, 1.82) is 0 Å². The van der Waals surface area contributed by atoms with Crippen LogP contribution in [0.5, 0.6) is 0 Å². The number of nitrogens with zero attached hydrogens (tertiary/aromatic N) is 4. The Hall–Kier alpha value is -1.73. The zero-order valence-electron chi connectivity index (χ0n) is 9.12. The summed E-state index contributed by atoms with van der Waals surface area (Å²) in [6.07, 6.45) is 2.97. The van der Waals surface area contributed by atoms with E-state index in [2.05, 4.69) is 15.1 Å². The maximum absolute atomic E-state index is 5.50. The largest absolute Gasteiger partial charge is 0.370 e. The van der Waals surface area contributed by atoms with Gasteiger partial charge >= 0.3 is 0 Å². The van der Waals surface area contributed by atoms with Crippen LogP contribution in [0.15, 0.2) is 17.0 Å². The standard InChI is InChI=1S/C9H13N5O2/c1-14-5-11-4-6(14)8-12-9(16-13-8)7(3-10)15-2/h4-5,7H,3,10H2,1-2H3. The van der Waals surface area contributed by atoms with Crippen molar-refractivity contribution < 1.29 is 9.26 Å². The van der Waals surface area contributed by atoms with Gasteiger partial charge in [-0.3, -0.25) is 0 Å². The van der Waals surface area contributed by atoms with E-state index in [1.165, 1.54) is 0 Å². The van der Waals surface area contributed by atoms with Crippen molar-refractivity contribution in [3.63, 3.8) is 0 Å². The zero-order valence-corrected chi connectivity index (χ0v) is 9.12. The van der Waals surface area contributed by atoms with Gasteiger partial charge in [0.2, 0.25) is 5.82 Å². The van der Waals surface area contributed by atoms with Crippen molar-refractivity contribution >= 4 is 0 Å². The van der Waals surface area contributed by atoms with E-state index in [9.17, 15) is 0 Å². The lowest BCUT2D eigenvalue weighted by Gasteiger charge is -2.05. The lowest BCUT2D eigenvalue weighted by Crippen LogP contribution is -2.14. The Morgan fingerprint density at radius 1 is 1.62 bits per heavy atom. The second-order valence-corrected chi connectivity index (χ2v) is 3.31. The molecule has 0 aliphatic rings. The molecule has 7 heteroatoms. The second kappa shape index (κ2) is 4.42. The highest BCUT2D eigenvalue weighted by atomic mass is 16.5. The number of nitrogens with two attached hydrogens (primary N) is 1. The van der Waals surface area contributed by atoms with E-state index in [0.29, 0.717) is 18.3 Å². The molecule has 0 aliphatic carbocycles. The van der Waals surface area contributed by atoms with Crippen molar-refractivity contribution in [2.24, 2.45) is 12.8 Å². The first-order valence-corrected chi connectivity index (χ1v) is 4.79. The molecule has 0 amide bonds. The predicted octanol–water partition coefficient (Wildman–Crippen LogP) is 0.116. The number of aromatic nitrogens is 4. The number of methoxy groups -OCH3 is 1. The molecule has 2 aromatic rings. The molecule has 86 valence electrons. The molecule has 0 radical (unpaired) electrons. The van der Waals surface area contributed by atoms with Gasteiger partial charge in [-0.2, -0.15) is 4.98 Å². The van der Waals surface area contributed by atoms with Crippen LogP contribution in [0.3, 0.4) is 0 Å². The summed E-state index contributed by atoms with van der Waals surface area (Å²) < 4.78 is 12.0. The Morgan fingerprint density at radius 3 is 3.00 bits per heavy atom. The topological polar surface area (TPSA) is 92.0 Å². The number of imidazole rings is 1. The minimum absolute atomic E-state index is 0.295. The summed E-state index contributed by atoms with van der Waals surface area (Å²) in [5.41, 5.74) is 6.28. The summed E-state index contributed by atoms with van der Waals surface area (Å²) in [6.45, 7) is 0.295. The van der Waals surface area contributed by atoms with Crippen LogP contribution in [0.1, 0.15) is 12.0 Å². The van der Waals surface area contributed by atoms with Crippen LogP contribution in [-0.2, 0) is 11.8 Å². The Bertz CT molecular complexity index is 460. The van der Waals surface area contributed by atoms with Gasteiger partial charge in [0.05, 0.1) is 12.5 Å². The highest BCUT2D eigenvalue weighted by Crippen LogP contribution is 2.18. The van der Waals surface area contributed by atoms with Crippen molar-refractivity contribution in [2.75, 3.05) is 13.7 Å². The van der Waals surface area contributed by atoms with Gasteiger partial charge in [0.25, 0.3) is 5.89 Å². The van der Waals surface area contributed by atoms with Crippen molar-refractivity contribution in [2.45, 2.75) is 6.10 Å². The maximum Gasteiger partial charge on any atom is 0.257 e. The molecule has 7 nitrogen and oxygen atoms in total. The maximum atomic E-state index is 5.50. The van der Waals surface area contributed by atoms with E-state index in [-0.39, 0.29) is 6.10 Å². The monoisotopic (exact) mass is 223 g/mol. The van der Waals surface area contributed by atoms with E-state index in [4.69, 9.17) is 15.0 Å². The normalized spacial score (nSPS) is 12.9. The quantitative estimate of drug-likeness (QED) is 0.791. The average molecular weight is 223 g/mol. The molecule has 0 bridgehead atoms. The van der Waals surface area contributed by atoms with Crippen molar-refractivity contribution in [3.05, 3.63) is 18.4 Å². The van der Waals surface area contributed by atoms with Crippen LogP contribution in [0.25, 0.3) is 11.5 Å². The lowest BCUT2D eigenvalue weighted by molar-refractivity contribution is 0.0804. The van der Waals surface area contributed by atoms with Gasteiger partial charge in [0.15, 0.2) is 0 Å². The highest BCUT2D eigenvalue weighted by Gasteiger charge is 2.18. The van der Waals surface area contributed by atoms with E-state index in [1.54, 1.807) is 24.2 Å². The molecule has 0 saturated carbocycles. The van der Waals surface area contributed by atoms with E-state index >= 15 is 0 Å². The number of ether oxygens (including phenoxy) is 1. The molecule has 0 aromatic carbocycles. The van der Waals surface area contributed by atoms with Crippen molar-refractivity contribution in [1.82, 2.24) is 19.7 Å². The van der Waals surface area contributed by atoms with Gasteiger partial charge in [-0.15, -0.1) is 0 Å². The van der Waals surface area contributed by atoms with E-state index < -0.39 is 0 Å². The number of hydrogen-bond acceptors (Lipinski definition) is 6. The number of rotatable bonds is 4. The predicted molar refractivity (Wildman–Crippen MR) is 55.3 cm³/mol. The third kappa shape index (κ3) is 1.82. The van der Waals surface area contributed by atoms with Crippen LogP contribution in [0.4, 0.5) is 0 Å². The lowest BCUT2D eigenvalue weighted by atomic mass is 10.3. The summed E-state index contributed by atoms with van der Waals surface area (Å²) in [4.78, 5) is 8.19. The first-order valence-electron chi connectivity index (χ1n) is 4.79.